The lowest BCUT2D eigenvalue weighted by atomic mass is 10.2. The van der Waals surface area contributed by atoms with Gasteiger partial charge >= 0.3 is 5.97 Å². The second kappa shape index (κ2) is 4.68. The molecule has 0 bridgehead atoms. The summed E-state index contributed by atoms with van der Waals surface area (Å²) in [6.45, 7) is 1.68. The highest BCUT2D eigenvalue weighted by Gasteiger charge is 2.38. The van der Waals surface area contributed by atoms with Crippen LogP contribution >= 0.6 is 0 Å². The molecule has 0 spiro atoms. The zero-order valence-corrected chi connectivity index (χ0v) is 10.5. The van der Waals surface area contributed by atoms with Gasteiger partial charge in [-0.25, -0.2) is 17.9 Å². The van der Waals surface area contributed by atoms with Crippen LogP contribution in [0.1, 0.15) is 5.56 Å². The Hall–Kier alpha value is -1.44. The molecule has 1 aliphatic rings. The van der Waals surface area contributed by atoms with E-state index in [0.29, 0.717) is 0 Å². The molecule has 98 valence electrons. The number of benzene rings is 1. The fourth-order valence-electron chi connectivity index (χ4n) is 1.60. The largest absolute Gasteiger partial charge is 0.462 e. The third kappa shape index (κ3) is 2.53. The first-order chi connectivity index (χ1) is 8.40. The van der Waals surface area contributed by atoms with Crippen LogP contribution in [0.25, 0.3) is 0 Å². The summed E-state index contributed by atoms with van der Waals surface area (Å²) in [5, 5.41) is 9.41. The molecule has 0 amide bonds. The highest BCUT2D eigenvalue weighted by molar-refractivity contribution is 7.89. The molecule has 2 atom stereocenters. The smallest absolute Gasteiger partial charge is 0.336 e. The van der Waals surface area contributed by atoms with Gasteiger partial charge in [0.1, 0.15) is 6.61 Å². The topological polar surface area (TPSA) is 92.7 Å². The number of carbonyl (C=O) groups is 1. The van der Waals surface area contributed by atoms with Gasteiger partial charge in [0.2, 0.25) is 10.0 Å². The lowest BCUT2D eigenvalue weighted by Gasteiger charge is -2.13. The molecule has 0 aromatic heterocycles. The van der Waals surface area contributed by atoms with E-state index in [-0.39, 0.29) is 11.5 Å². The first-order valence-electron chi connectivity index (χ1n) is 5.34. The molecule has 0 saturated carbocycles. The molecule has 1 saturated heterocycles. The van der Waals surface area contributed by atoms with Crippen molar-refractivity contribution in [3.63, 3.8) is 0 Å². The number of ether oxygens (including phenoxy) is 1. The van der Waals surface area contributed by atoms with Crippen LogP contribution < -0.4 is 4.72 Å². The van der Waals surface area contributed by atoms with E-state index in [0.717, 1.165) is 5.56 Å². The molecule has 7 heteroatoms. The Bertz CT molecular complexity index is 551. The van der Waals surface area contributed by atoms with Gasteiger partial charge in [-0.1, -0.05) is 17.7 Å². The minimum absolute atomic E-state index is 0.0830. The van der Waals surface area contributed by atoms with Crippen LogP contribution in [-0.4, -0.2) is 38.2 Å². The summed E-state index contributed by atoms with van der Waals surface area (Å²) in [5.74, 6) is -0.813. The third-order valence-electron chi connectivity index (χ3n) is 2.67. The average molecular weight is 271 g/mol. The van der Waals surface area contributed by atoms with Crippen molar-refractivity contribution in [3.05, 3.63) is 29.8 Å². The molecule has 0 aliphatic carbocycles. The fraction of sp³-hybridized carbons (Fsp3) is 0.364. The van der Waals surface area contributed by atoms with Gasteiger partial charge in [-0.2, -0.15) is 0 Å². The predicted octanol–water partition coefficient (Wildman–Crippen LogP) is -0.440. The van der Waals surface area contributed by atoms with Gasteiger partial charge in [-0.05, 0) is 19.1 Å². The second-order valence-electron chi connectivity index (χ2n) is 4.12. The maximum Gasteiger partial charge on any atom is 0.336 e. The molecule has 1 heterocycles. The van der Waals surface area contributed by atoms with Crippen molar-refractivity contribution in [2.45, 2.75) is 24.0 Å². The van der Waals surface area contributed by atoms with E-state index in [4.69, 9.17) is 0 Å². The maximum absolute atomic E-state index is 12.0. The average Bonchev–Trinajstić information content (AvgIpc) is 2.61. The number of cyclic esters (lactones) is 1. The van der Waals surface area contributed by atoms with Gasteiger partial charge < -0.3 is 9.84 Å². The van der Waals surface area contributed by atoms with E-state index in [2.05, 4.69) is 9.46 Å². The Morgan fingerprint density at radius 2 is 1.94 bits per heavy atom. The molecule has 0 unspecified atom stereocenters. The van der Waals surface area contributed by atoms with E-state index >= 15 is 0 Å². The van der Waals surface area contributed by atoms with Gasteiger partial charge in [-0.15, -0.1) is 0 Å². The van der Waals surface area contributed by atoms with Crippen molar-refractivity contribution in [1.29, 1.82) is 0 Å². The summed E-state index contributed by atoms with van der Waals surface area (Å²) in [5.41, 5.74) is 0.938. The van der Waals surface area contributed by atoms with Crippen molar-refractivity contribution in [1.82, 2.24) is 4.72 Å². The first kappa shape index (κ1) is 13.0. The monoisotopic (exact) mass is 271 g/mol. The molecule has 2 rings (SSSR count). The van der Waals surface area contributed by atoms with Crippen molar-refractivity contribution in [3.8, 4) is 0 Å². The van der Waals surface area contributed by atoms with E-state index < -0.39 is 28.1 Å². The van der Waals surface area contributed by atoms with E-state index in [1.807, 2.05) is 6.92 Å². The van der Waals surface area contributed by atoms with Gasteiger partial charge in [-0.3, -0.25) is 0 Å². The van der Waals surface area contributed by atoms with Crippen molar-refractivity contribution < 1.29 is 23.1 Å². The molecule has 1 fully saturated rings. The van der Waals surface area contributed by atoms with E-state index in [9.17, 15) is 18.3 Å². The van der Waals surface area contributed by atoms with Crippen LogP contribution in [0.3, 0.4) is 0 Å². The minimum atomic E-state index is -3.76. The molecular formula is C11H13NO5S. The van der Waals surface area contributed by atoms with Gasteiger partial charge in [0.25, 0.3) is 0 Å². The molecule has 1 aromatic carbocycles. The van der Waals surface area contributed by atoms with Gasteiger partial charge in [0, 0.05) is 0 Å². The number of aliphatic hydroxyl groups excluding tert-OH is 1. The zero-order chi connectivity index (χ0) is 13.3. The standard InChI is InChI=1S/C11H13NO5S/c1-7-2-4-8(5-3-7)18(15,16)12-9-6-17-11(14)10(9)13/h2-5,9-10,12-13H,6H2,1H3/t9-,10+/m0/s1. The Balaban J connectivity index is 2.17. The summed E-state index contributed by atoms with van der Waals surface area (Å²) in [6, 6.07) is 5.31. The number of aryl methyl sites for hydroxylation is 1. The summed E-state index contributed by atoms with van der Waals surface area (Å²) in [6.07, 6.45) is -1.45. The number of rotatable bonds is 3. The van der Waals surface area contributed by atoms with E-state index in [1.54, 1.807) is 12.1 Å². The molecule has 1 aliphatic heterocycles. The summed E-state index contributed by atoms with van der Waals surface area (Å²) in [4.78, 5) is 11.0. The minimum Gasteiger partial charge on any atom is -0.462 e. The molecule has 6 nitrogen and oxygen atoms in total. The number of carbonyl (C=O) groups excluding carboxylic acids is 1. The lowest BCUT2D eigenvalue weighted by Crippen LogP contribution is -2.43. The summed E-state index contributed by atoms with van der Waals surface area (Å²) in [7, 11) is -3.76. The molecule has 1 aromatic rings. The molecule has 2 N–H and O–H groups in total. The Morgan fingerprint density at radius 1 is 1.33 bits per heavy atom. The highest BCUT2D eigenvalue weighted by Crippen LogP contribution is 2.14. The van der Waals surface area contributed by atoms with Crippen LogP contribution in [-0.2, 0) is 19.6 Å². The van der Waals surface area contributed by atoms with Crippen LogP contribution in [0.4, 0.5) is 0 Å². The number of hydrogen-bond donors (Lipinski definition) is 2. The number of aliphatic hydroxyl groups is 1. The highest BCUT2D eigenvalue weighted by atomic mass is 32.2. The van der Waals surface area contributed by atoms with Crippen LogP contribution in [0.2, 0.25) is 0 Å². The predicted molar refractivity (Wildman–Crippen MR) is 62.3 cm³/mol. The second-order valence-corrected chi connectivity index (χ2v) is 5.83. The summed E-state index contributed by atoms with van der Waals surface area (Å²) >= 11 is 0. The quantitative estimate of drug-likeness (QED) is 0.727. The van der Waals surface area contributed by atoms with Gasteiger partial charge in [0.15, 0.2) is 6.10 Å². The summed E-state index contributed by atoms with van der Waals surface area (Å²) < 4.78 is 30.7. The van der Waals surface area contributed by atoms with Crippen LogP contribution in [0, 0.1) is 6.92 Å². The van der Waals surface area contributed by atoms with E-state index in [1.165, 1.54) is 12.1 Å². The van der Waals surface area contributed by atoms with Crippen LogP contribution in [0.5, 0.6) is 0 Å². The Morgan fingerprint density at radius 3 is 2.44 bits per heavy atom. The zero-order valence-electron chi connectivity index (χ0n) is 9.66. The normalized spacial score (nSPS) is 24.0. The number of esters is 1. The van der Waals surface area contributed by atoms with Crippen molar-refractivity contribution in [2.75, 3.05) is 6.61 Å². The first-order valence-corrected chi connectivity index (χ1v) is 6.82. The van der Waals surface area contributed by atoms with Crippen molar-refractivity contribution >= 4 is 16.0 Å². The Kier molecular flexibility index (Phi) is 3.38. The number of hydrogen-bond acceptors (Lipinski definition) is 5. The van der Waals surface area contributed by atoms with Crippen LogP contribution in [0.15, 0.2) is 29.2 Å². The number of sulfonamides is 1. The fourth-order valence-corrected chi connectivity index (χ4v) is 2.82. The van der Waals surface area contributed by atoms with Gasteiger partial charge in [0.05, 0.1) is 10.9 Å². The molecule has 0 radical (unpaired) electrons. The Labute approximate surface area is 105 Å². The SMILES string of the molecule is Cc1ccc(S(=O)(=O)N[C@H]2COC(=O)[C@@H]2O)cc1. The maximum atomic E-state index is 12.0. The lowest BCUT2D eigenvalue weighted by molar-refractivity contribution is -0.144. The van der Waals surface area contributed by atoms with Crippen molar-refractivity contribution in [2.24, 2.45) is 0 Å². The third-order valence-corrected chi connectivity index (χ3v) is 4.17. The molecule has 18 heavy (non-hydrogen) atoms. The number of nitrogens with one attached hydrogen (secondary N) is 1. The molecular weight excluding hydrogens is 258 g/mol.